The zero-order valence-corrected chi connectivity index (χ0v) is 13.3. The summed E-state index contributed by atoms with van der Waals surface area (Å²) < 4.78 is 13.3. The summed E-state index contributed by atoms with van der Waals surface area (Å²) in [6.45, 7) is 4.15. The number of hydrogen-bond acceptors (Lipinski definition) is 4. The zero-order valence-electron chi connectivity index (χ0n) is 13.3. The van der Waals surface area contributed by atoms with E-state index in [1.165, 1.54) is 6.07 Å². The molecule has 2 heterocycles. The molecule has 0 spiro atoms. The minimum absolute atomic E-state index is 0.181. The highest BCUT2D eigenvalue weighted by atomic mass is 19.1. The van der Waals surface area contributed by atoms with Crippen molar-refractivity contribution in [1.29, 1.82) is 0 Å². The van der Waals surface area contributed by atoms with Crippen molar-refractivity contribution in [3.63, 3.8) is 0 Å². The number of halogens is 1. The predicted octanol–water partition coefficient (Wildman–Crippen LogP) is 2.35. The lowest BCUT2D eigenvalue weighted by atomic mass is 9.88. The molecule has 1 N–H and O–H groups in total. The van der Waals surface area contributed by atoms with E-state index in [0.717, 1.165) is 43.0 Å². The van der Waals surface area contributed by atoms with Crippen molar-refractivity contribution in [2.24, 2.45) is 5.92 Å². The number of aliphatic hydroxyl groups excluding tert-OH is 1. The first-order chi connectivity index (χ1) is 11.1. The Morgan fingerprint density at radius 3 is 2.96 bits per heavy atom. The van der Waals surface area contributed by atoms with Gasteiger partial charge in [0, 0.05) is 19.3 Å². The maximum Gasteiger partial charge on any atom is 0.125 e. The van der Waals surface area contributed by atoms with Gasteiger partial charge in [0.05, 0.1) is 11.8 Å². The number of hydrogen-bond donors (Lipinski definition) is 1. The Labute approximate surface area is 136 Å². The Hall–Kier alpha value is -1.85. The van der Waals surface area contributed by atoms with Gasteiger partial charge in [-0.05, 0) is 56.0 Å². The number of rotatable bonds is 4. The van der Waals surface area contributed by atoms with Gasteiger partial charge < -0.3 is 5.11 Å². The highest BCUT2D eigenvalue weighted by Gasteiger charge is 2.28. The highest BCUT2D eigenvalue weighted by Crippen LogP contribution is 2.23. The third-order valence-corrected chi connectivity index (χ3v) is 4.41. The number of benzene rings is 1. The first-order valence-electron chi connectivity index (χ1n) is 8.03. The maximum atomic E-state index is 13.3. The van der Waals surface area contributed by atoms with Gasteiger partial charge >= 0.3 is 0 Å². The van der Waals surface area contributed by atoms with E-state index in [2.05, 4.69) is 14.9 Å². The number of likely N-dealkylation sites (tertiary alicyclic amines) is 1. The van der Waals surface area contributed by atoms with Gasteiger partial charge in [0.1, 0.15) is 11.6 Å². The second-order valence-corrected chi connectivity index (χ2v) is 6.28. The minimum Gasteiger partial charge on any atom is -0.391 e. The molecule has 0 amide bonds. The molecule has 0 aliphatic carbocycles. The van der Waals surface area contributed by atoms with Gasteiger partial charge in [-0.2, -0.15) is 0 Å². The lowest BCUT2D eigenvalue weighted by Crippen LogP contribution is -2.44. The normalized spacial score (nSPS) is 22.2. The number of aryl methyl sites for hydroxylation is 1. The van der Waals surface area contributed by atoms with Crippen LogP contribution in [0.5, 0.6) is 0 Å². The van der Waals surface area contributed by atoms with E-state index in [4.69, 9.17) is 0 Å². The molecule has 1 aliphatic heterocycles. The number of aromatic nitrogens is 2. The Balaban J connectivity index is 1.57. The van der Waals surface area contributed by atoms with Crippen LogP contribution in [0.4, 0.5) is 4.39 Å². The van der Waals surface area contributed by atoms with Gasteiger partial charge in [-0.15, -0.1) is 0 Å². The maximum absolute atomic E-state index is 13.3. The van der Waals surface area contributed by atoms with Crippen molar-refractivity contribution in [2.75, 3.05) is 13.1 Å². The molecule has 0 unspecified atom stereocenters. The molecule has 23 heavy (non-hydrogen) atoms. The Morgan fingerprint density at radius 2 is 2.22 bits per heavy atom. The molecule has 1 aliphatic rings. The van der Waals surface area contributed by atoms with Gasteiger partial charge in [0.15, 0.2) is 0 Å². The van der Waals surface area contributed by atoms with E-state index in [-0.39, 0.29) is 11.7 Å². The second kappa shape index (κ2) is 7.15. The average Bonchev–Trinajstić information content (AvgIpc) is 2.50. The second-order valence-electron chi connectivity index (χ2n) is 6.28. The average molecular weight is 315 g/mol. The molecule has 2 atom stereocenters. The van der Waals surface area contributed by atoms with Crippen LogP contribution in [0.2, 0.25) is 0 Å². The largest absolute Gasteiger partial charge is 0.391 e. The summed E-state index contributed by atoms with van der Waals surface area (Å²) in [6, 6.07) is 8.57. The number of aliphatic hydroxyl groups is 1. The van der Waals surface area contributed by atoms with Crippen molar-refractivity contribution in [1.82, 2.24) is 14.9 Å². The van der Waals surface area contributed by atoms with Gasteiger partial charge in [-0.1, -0.05) is 12.1 Å². The van der Waals surface area contributed by atoms with Gasteiger partial charge in [-0.25, -0.2) is 14.4 Å². The topological polar surface area (TPSA) is 49.2 Å². The fraction of sp³-hybridized carbons (Fsp3) is 0.444. The van der Waals surface area contributed by atoms with Crippen molar-refractivity contribution >= 4 is 0 Å². The molecule has 3 rings (SSSR count). The Bertz CT molecular complexity index is 664. The molecule has 5 heteroatoms. The molecule has 1 aromatic carbocycles. The van der Waals surface area contributed by atoms with Crippen LogP contribution in [0.15, 0.2) is 36.5 Å². The molecule has 122 valence electrons. The summed E-state index contributed by atoms with van der Waals surface area (Å²) in [5.74, 6) is 0.734. The van der Waals surface area contributed by atoms with Crippen LogP contribution < -0.4 is 0 Å². The number of piperidine rings is 1. The van der Waals surface area contributed by atoms with Crippen LogP contribution in [0.1, 0.15) is 23.5 Å². The lowest BCUT2D eigenvalue weighted by molar-refractivity contribution is 0.0182. The molecule has 0 radical (unpaired) electrons. The van der Waals surface area contributed by atoms with Crippen LogP contribution >= 0.6 is 0 Å². The van der Waals surface area contributed by atoms with Gasteiger partial charge in [0.25, 0.3) is 0 Å². The Kier molecular flexibility index (Phi) is 4.98. The molecule has 1 fully saturated rings. The van der Waals surface area contributed by atoms with Crippen LogP contribution in [-0.2, 0) is 13.0 Å². The molecule has 1 aromatic heterocycles. The smallest absolute Gasteiger partial charge is 0.125 e. The highest BCUT2D eigenvalue weighted by molar-refractivity contribution is 5.17. The Morgan fingerprint density at radius 1 is 1.35 bits per heavy atom. The van der Waals surface area contributed by atoms with E-state index < -0.39 is 6.10 Å². The minimum atomic E-state index is -0.394. The van der Waals surface area contributed by atoms with Crippen LogP contribution in [0.25, 0.3) is 0 Å². The van der Waals surface area contributed by atoms with Crippen molar-refractivity contribution in [3.8, 4) is 0 Å². The third kappa shape index (κ3) is 4.33. The summed E-state index contributed by atoms with van der Waals surface area (Å²) >= 11 is 0. The third-order valence-electron chi connectivity index (χ3n) is 4.41. The summed E-state index contributed by atoms with van der Waals surface area (Å²) in [4.78, 5) is 10.7. The standard InChI is InChI=1S/C18H22FN3O/c1-13-20-7-5-17(21-13)11-22-8-6-15(18(23)12-22)9-14-3-2-4-16(19)10-14/h2-5,7,10,15,18,23H,6,8-9,11-12H2,1H3/t15-,18-/m1/s1. The summed E-state index contributed by atoms with van der Waals surface area (Å²) in [7, 11) is 0. The van der Waals surface area contributed by atoms with Crippen LogP contribution in [-0.4, -0.2) is 39.2 Å². The lowest BCUT2D eigenvalue weighted by Gasteiger charge is -2.35. The van der Waals surface area contributed by atoms with Crippen molar-refractivity contribution in [3.05, 3.63) is 59.4 Å². The van der Waals surface area contributed by atoms with E-state index in [9.17, 15) is 9.50 Å². The van der Waals surface area contributed by atoms with E-state index in [1.807, 2.05) is 19.1 Å². The van der Waals surface area contributed by atoms with Crippen LogP contribution in [0, 0.1) is 18.7 Å². The van der Waals surface area contributed by atoms with Gasteiger partial charge in [0.2, 0.25) is 0 Å². The molecular weight excluding hydrogens is 293 g/mol. The first kappa shape index (κ1) is 16.0. The molecule has 2 aromatic rings. The van der Waals surface area contributed by atoms with Crippen molar-refractivity contribution < 1.29 is 9.50 Å². The monoisotopic (exact) mass is 315 g/mol. The molecule has 0 saturated carbocycles. The van der Waals surface area contributed by atoms with Crippen molar-refractivity contribution in [2.45, 2.75) is 32.4 Å². The van der Waals surface area contributed by atoms with E-state index in [0.29, 0.717) is 6.54 Å². The fourth-order valence-electron chi connectivity index (χ4n) is 3.22. The zero-order chi connectivity index (χ0) is 16.2. The van der Waals surface area contributed by atoms with E-state index >= 15 is 0 Å². The van der Waals surface area contributed by atoms with Crippen LogP contribution in [0.3, 0.4) is 0 Å². The summed E-state index contributed by atoms with van der Waals surface area (Å²) in [5, 5.41) is 10.4. The SMILES string of the molecule is Cc1nccc(CN2CC[C@H](Cc3cccc(F)c3)[C@H](O)C2)n1. The molecule has 4 nitrogen and oxygen atoms in total. The number of nitrogens with zero attached hydrogens (tertiary/aromatic N) is 3. The molecule has 1 saturated heterocycles. The summed E-state index contributed by atoms with van der Waals surface area (Å²) in [5.41, 5.74) is 1.93. The predicted molar refractivity (Wildman–Crippen MR) is 86.3 cm³/mol. The van der Waals surface area contributed by atoms with E-state index in [1.54, 1.807) is 18.3 Å². The first-order valence-corrected chi connectivity index (χ1v) is 8.03. The molecule has 0 bridgehead atoms. The summed E-state index contributed by atoms with van der Waals surface area (Å²) in [6.07, 6.45) is 3.00. The quantitative estimate of drug-likeness (QED) is 0.941. The van der Waals surface area contributed by atoms with Gasteiger partial charge in [-0.3, -0.25) is 4.90 Å². The fourth-order valence-corrected chi connectivity index (χ4v) is 3.22. The molecular formula is C18H22FN3O. The number of β-amino-alcohol motifs (C(OH)–C–C–N with tert-alkyl or cyclic N) is 1.